The molecule has 0 bridgehead atoms. The number of carbonyl (C=O) groups is 3. The van der Waals surface area contributed by atoms with E-state index in [1.807, 2.05) is 24.3 Å². The van der Waals surface area contributed by atoms with Gasteiger partial charge in [-0.2, -0.15) is 0 Å². The molecule has 4 rings (SSSR count). The zero-order chi connectivity index (χ0) is 21.1. The van der Waals surface area contributed by atoms with E-state index in [0.717, 1.165) is 0 Å². The molecule has 158 valence electrons. The third-order valence-corrected chi connectivity index (χ3v) is 5.55. The molecule has 3 amide bonds. The Bertz CT molecular complexity index is 919. The lowest BCUT2D eigenvalue weighted by atomic mass is 10.0. The van der Waals surface area contributed by atoms with Gasteiger partial charge in [-0.3, -0.25) is 14.4 Å². The number of nitrogens with one attached hydrogen (secondary N) is 1. The zero-order valence-electron chi connectivity index (χ0n) is 16.9. The van der Waals surface area contributed by atoms with Gasteiger partial charge in [0.2, 0.25) is 5.91 Å². The molecular weight excluding hydrogens is 386 g/mol. The summed E-state index contributed by atoms with van der Waals surface area (Å²) in [5.41, 5.74) is 1.24. The van der Waals surface area contributed by atoms with E-state index in [2.05, 4.69) is 5.32 Å². The van der Waals surface area contributed by atoms with Crippen LogP contribution in [0.2, 0.25) is 0 Å². The van der Waals surface area contributed by atoms with Gasteiger partial charge in [0.1, 0.15) is 12.0 Å². The van der Waals surface area contributed by atoms with Crippen LogP contribution in [0.1, 0.15) is 36.5 Å². The van der Waals surface area contributed by atoms with Crippen molar-refractivity contribution in [3.63, 3.8) is 0 Å². The highest BCUT2D eigenvalue weighted by atomic mass is 16.5. The summed E-state index contributed by atoms with van der Waals surface area (Å²) < 4.78 is 10.6. The van der Waals surface area contributed by atoms with Crippen molar-refractivity contribution >= 4 is 23.4 Å². The summed E-state index contributed by atoms with van der Waals surface area (Å²) in [4.78, 5) is 40.7. The first-order valence-corrected chi connectivity index (χ1v) is 10.2. The highest BCUT2D eigenvalue weighted by molar-refractivity contribution is 6.00. The molecule has 2 aliphatic rings. The van der Waals surface area contributed by atoms with Crippen molar-refractivity contribution in [3.8, 4) is 5.75 Å². The maximum Gasteiger partial charge on any atom is 0.267 e. The third-order valence-electron chi connectivity index (χ3n) is 5.55. The molecular formula is C22H25N3O5. The SMILES string of the molecule is CC1Oc2ccccc2N(CCC(=O)NC2CCN(C(=O)c3ccoc3)CC2)C1=O. The second-order valence-electron chi connectivity index (χ2n) is 7.61. The summed E-state index contributed by atoms with van der Waals surface area (Å²) >= 11 is 0. The summed E-state index contributed by atoms with van der Waals surface area (Å²) in [5, 5.41) is 3.04. The van der Waals surface area contributed by atoms with E-state index in [9.17, 15) is 14.4 Å². The maximum atomic E-state index is 12.5. The van der Waals surface area contributed by atoms with Crippen LogP contribution in [0.4, 0.5) is 5.69 Å². The first-order chi connectivity index (χ1) is 14.5. The Kier molecular flexibility index (Phi) is 5.74. The highest BCUT2D eigenvalue weighted by Crippen LogP contribution is 2.33. The van der Waals surface area contributed by atoms with Gasteiger partial charge >= 0.3 is 0 Å². The lowest BCUT2D eigenvalue weighted by Crippen LogP contribution is -2.48. The van der Waals surface area contributed by atoms with Gasteiger partial charge in [-0.1, -0.05) is 12.1 Å². The molecule has 1 N–H and O–H groups in total. The summed E-state index contributed by atoms with van der Waals surface area (Å²) in [7, 11) is 0. The molecule has 1 atom stereocenters. The normalized spacial score (nSPS) is 19.2. The molecule has 0 radical (unpaired) electrons. The average molecular weight is 411 g/mol. The van der Waals surface area contributed by atoms with Crippen molar-refractivity contribution < 1.29 is 23.5 Å². The number of piperidine rings is 1. The van der Waals surface area contributed by atoms with Crippen molar-refractivity contribution in [2.24, 2.45) is 0 Å². The van der Waals surface area contributed by atoms with Crippen LogP contribution < -0.4 is 15.0 Å². The lowest BCUT2D eigenvalue weighted by Gasteiger charge is -2.34. The Labute approximate surface area is 174 Å². The number of amides is 3. The topological polar surface area (TPSA) is 92.1 Å². The maximum absolute atomic E-state index is 12.5. The Balaban J connectivity index is 1.27. The number of ether oxygens (including phenoxy) is 1. The van der Waals surface area contributed by atoms with Gasteiger partial charge in [0, 0.05) is 32.1 Å². The number of hydrogen-bond acceptors (Lipinski definition) is 5. The van der Waals surface area contributed by atoms with Crippen molar-refractivity contribution in [1.29, 1.82) is 0 Å². The summed E-state index contributed by atoms with van der Waals surface area (Å²) in [6, 6.07) is 9.03. The van der Waals surface area contributed by atoms with Crippen molar-refractivity contribution in [1.82, 2.24) is 10.2 Å². The third kappa shape index (κ3) is 4.17. The van der Waals surface area contributed by atoms with E-state index in [1.165, 1.54) is 12.5 Å². The van der Waals surface area contributed by atoms with Gasteiger partial charge in [0.15, 0.2) is 6.10 Å². The van der Waals surface area contributed by atoms with Crippen LogP contribution in [0, 0.1) is 0 Å². The second-order valence-corrected chi connectivity index (χ2v) is 7.61. The smallest absolute Gasteiger partial charge is 0.267 e. The molecule has 8 heteroatoms. The van der Waals surface area contributed by atoms with Crippen LogP contribution in [0.3, 0.4) is 0 Å². The Morgan fingerprint density at radius 1 is 1.17 bits per heavy atom. The number of para-hydroxylation sites is 2. The molecule has 0 spiro atoms. The van der Waals surface area contributed by atoms with E-state index in [1.54, 1.807) is 22.8 Å². The van der Waals surface area contributed by atoms with Crippen LogP contribution in [0.5, 0.6) is 5.75 Å². The first kappa shape index (κ1) is 20.0. The predicted molar refractivity (Wildman–Crippen MR) is 109 cm³/mol. The summed E-state index contributed by atoms with van der Waals surface area (Å²) in [6.45, 7) is 3.18. The number of fused-ring (bicyclic) bond motifs is 1. The quantitative estimate of drug-likeness (QED) is 0.814. The molecule has 1 aromatic heterocycles. The zero-order valence-corrected chi connectivity index (χ0v) is 16.9. The van der Waals surface area contributed by atoms with Crippen molar-refractivity contribution in [3.05, 3.63) is 48.4 Å². The van der Waals surface area contributed by atoms with Crippen LogP contribution in [-0.4, -0.2) is 54.4 Å². The van der Waals surface area contributed by atoms with Crippen molar-refractivity contribution in [2.75, 3.05) is 24.5 Å². The monoisotopic (exact) mass is 411 g/mol. The van der Waals surface area contributed by atoms with E-state index < -0.39 is 6.10 Å². The Hall–Kier alpha value is -3.29. The van der Waals surface area contributed by atoms with E-state index in [0.29, 0.717) is 49.5 Å². The highest BCUT2D eigenvalue weighted by Gasteiger charge is 2.31. The fraction of sp³-hybridized carbons (Fsp3) is 0.409. The first-order valence-electron chi connectivity index (χ1n) is 10.2. The standard InChI is InChI=1S/C22H25N3O5/c1-15-21(27)25(18-4-2-3-5-19(18)30-15)12-8-20(26)23-17-6-10-24(11-7-17)22(28)16-9-13-29-14-16/h2-5,9,13-15,17H,6-8,10-12H2,1H3,(H,23,26). The Morgan fingerprint density at radius 3 is 2.67 bits per heavy atom. The molecule has 2 aliphatic heterocycles. The number of anilines is 1. The van der Waals surface area contributed by atoms with Gasteiger partial charge in [-0.05, 0) is 38.0 Å². The second kappa shape index (κ2) is 8.61. The van der Waals surface area contributed by atoms with Gasteiger partial charge in [-0.25, -0.2) is 0 Å². The lowest BCUT2D eigenvalue weighted by molar-refractivity contribution is -0.125. The van der Waals surface area contributed by atoms with Crippen LogP contribution in [-0.2, 0) is 9.59 Å². The molecule has 0 aliphatic carbocycles. The average Bonchev–Trinajstić information content (AvgIpc) is 3.29. The van der Waals surface area contributed by atoms with Crippen LogP contribution in [0.25, 0.3) is 0 Å². The predicted octanol–water partition coefficient (Wildman–Crippen LogP) is 2.20. The number of benzene rings is 1. The number of nitrogens with zero attached hydrogens (tertiary/aromatic N) is 2. The van der Waals surface area contributed by atoms with Crippen LogP contribution in [0.15, 0.2) is 47.3 Å². The summed E-state index contributed by atoms with van der Waals surface area (Å²) in [5.74, 6) is 0.360. The minimum Gasteiger partial charge on any atom is -0.479 e. The number of carbonyl (C=O) groups excluding carboxylic acids is 3. The number of rotatable bonds is 5. The molecule has 2 aromatic rings. The number of hydrogen-bond donors (Lipinski definition) is 1. The van der Waals surface area contributed by atoms with Gasteiger partial charge in [-0.15, -0.1) is 0 Å². The van der Waals surface area contributed by atoms with Gasteiger partial charge < -0.3 is 24.3 Å². The molecule has 1 fully saturated rings. The van der Waals surface area contributed by atoms with Gasteiger partial charge in [0.25, 0.3) is 11.8 Å². The largest absolute Gasteiger partial charge is 0.479 e. The van der Waals surface area contributed by atoms with E-state index in [-0.39, 0.29) is 30.2 Å². The molecule has 1 aromatic carbocycles. The number of likely N-dealkylation sites (tertiary alicyclic amines) is 1. The van der Waals surface area contributed by atoms with Crippen molar-refractivity contribution in [2.45, 2.75) is 38.3 Å². The molecule has 8 nitrogen and oxygen atoms in total. The fourth-order valence-corrected chi connectivity index (χ4v) is 3.90. The minimum atomic E-state index is -0.569. The van der Waals surface area contributed by atoms with E-state index >= 15 is 0 Å². The van der Waals surface area contributed by atoms with Crippen LogP contribution >= 0.6 is 0 Å². The number of furan rings is 1. The summed E-state index contributed by atoms with van der Waals surface area (Å²) in [6.07, 6.45) is 3.97. The fourth-order valence-electron chi connectivity index (χ4n) is 3.90. The minimum absolute atomic E-state index is 0.0255. The molecule has 1 saturated heterocycles. The van der Waals surface area contributed by atoms with E-state index in [4.69, 9.17) is 9.15 Å². The molecule has 1 unspecified atom stereocenters. The van der Waals surface area contributed by atoms with Gasteiger partial charge in [0.05, 0.1) is 17.5 Å². The Morgan fingerprint density at radius 2 is 1.93 bits per heavy atom. The molecule has 3 heterocycles. The molecule has 30 heavy (non-hydrogen) atoms. The molecule has 0 saturated carbocycles.